The molecule has 0 radical (unpaired) electrons. The fourth-order valence-corrected chi connectivity index (χ4v) is 3.45. The van der Waals surface area contributed by atoms with Crippen LogP contribution in [0.5, 0.6) is 5.75 Å². The predicted octanol–water partition coefficient (Wildman–Crippen LogP) is 5.63. The molecule has 0 spiro atoms. The first kappa shape index (κ1) is 18.1. The quantitative estimate of drug-likeness (QED) is 0.390. The van der Waals surface area contributed by atoms with Gasteiger partial charge >= 0.3 is 0 Å². The highest BCUT2D eigenvalue weighted by atomic mass is 19.1. The molecule has 0 bridgehead atoms. The van der Waals surface area contributed by atoms with Crippen LogP contribution in [0.2, 0.25) is 0 Å². The van der Waals surface area contributed by atoms with E-state index in [2.05, 4.69) is 10.3 Å². The maximum Gasteiger partial charge on any atom is 0.174 e. The zero-order valence-corrected chi connectivity index (χ0v) is 15.8. The first-order valence-electron chi connectivity index (χ1n) is 9.18. The normalized spacial score (nSPS) is 11.2. The van der Waals surface area contributed by atoms with Gasteiger partial charge in [0.25, 0.3) is 0 Å². The standard InChI is InChI=1S/C23H15F2N3O2/c1-29-22-9-7-15(13-18(22)25)23-16-12-14(6-8-19(16)27-30-23)20-10-11-26-28(20)21-5-3-2-4-17(21)24/h2-13H,1H3. The summed E-state index contributed by atoms with van der Waals surface area (Å²) in [5.74, 6) is -0.279. The fourth-order valence-electron chi connectivity index (χ4n) is 3.45. The Morgan fingerprint density at radius 1 is 0.900 bits per heavy atom. The summed E-state index contributed by atoms with van der Waals surface area (Å²) >= 11 is 0. The molecule has 30 heavy (non-hydrogen) atoms. The average Bonchev–Trinajstić information content (AvgIpc) is 3.41. The van der Waals surface area contributed by atoms with Gasteiger partial charge in [-0.15, -0.1) is 0 Å². The van der Waals surface area contributed by atoms with Crippen molar-refractivity contribution in [1.29, 1.82) is 0 Å². The van der Waals surface area contributed by atoms with Crippen LogP contribution in [0.1, 0.15) is 0 Å². The van der Waals surface area contributed by atoms with Gasteiger partial charge in [-0.1, -0.05) is 23.4 Å². The van der Waals surface area contributed by atoms with Crippen LogP contribution in [0, 0.1) is 11.6 Å². The van der Waals surface area contributed by atoms with Crippen molar-refractivity contribution in [3.05, 3.63) is 84.6 Å². The monoisotopic (exact) mass is 403 g/mol. The number of halogens is 2. The second-order valence-corrected chi connectivity index (χ2v) is 6.67. The third-order valence-electron chi connectivity index (χ3n) is 4.91. The Balaban J connectivity index is 1.64. The van der Waals surface area contributed by atoms with Crippen molar-refractivity contribution in [2.45, 2.75) is 0 Å². The molecule has 0 saturated carbocycles. The van der Waals surface area contributed by atoms with E-state index in [9.17, 15) is 8.78 Å². The SMILES string of the molecule is COc1ccc(-c2onc3ccc(-c4ccnn4-c4ccccc4F)cc23)cc1F. The minimum Gasteiger partial charge on any atom is -0.494 e. The summed E-state index contributed by atoms with van der Waals surface area (Å²) in [7, 11) is 1.41. The molecule has 5 aromatic rings. The molecule has 0 aliphatic heterocycles. The van der Waals surface area contributed by atoms with E-state index in [1.165, 1.54) is 30.0 Å². The second-order valence-electron chi connectivity index (χ2n) is 6.67. The molecule has 5 nitrogen and oxygen atoms in total. The number of methoxy groups -OCH3 is 1. The molecule has 0 amide bonds. The number of rotatable bonds is 4. The van der Waals surface area contributed by atoms with Crippen LogP contribution in [0.15, 0.2) is 77.4 Å². The zero-order valence-electron chi connectivity index (χ0n) is 15.8. The summed E-state index contributed by atoms with van der Waals surface area (Å²) in [6, 6.07) is 18.4. The number of benzene rings is 3. The Bertz CT molecular complexity index is 1370. The molecule has 0 unspecified atom stereocenters. The highest BCUT2D eigenvalue weighted by molar-refractivity contribution is 5.94. The summed E-state index contributed by atoms with van der Waals surface area (Å²) in [6.45, 7) is 0. The lowest BCUT2D eigenvalue weighted by atomic mass is 10.0. The van der Waals surface area contributed by atoms with E-state index in [0.29, 0.717) is 33.6 Å². The Labute approximate surface area is 170 Å². The summed E-state index contributed by atoms with van der Waals surface area (Å²) in [4.78, 5) is 0. The van der Waals surface area contributed by atoms with Crippen LogP contribution >= 0.6 is 0 Å². The van der Waals surface area contributed by atoms with E-state index in [1.807, 2.05) is 12.1 Å². The van der Waals surface area contributed by atoms with Gasteiger partial charge in [0.1, 0.15) is 17.0 Å². The lowest BCUT2D eigenvalue weighted by molar-refractivity contribution is 0.386. The number of hydrogen-bond acceptors (Lipinski definition) is 4. The summed E-state index contributed by atoms with van der Waals surface area (Å²) in [5, 5.41) is 9.06. The molecule has 0 fully saturated rings. The van der Waals surface area contributed by atoms with E-state index in [1.54, 1.807) is 42.6 Å². The maximum atomic E-state index is 14.3. The highest BCUT2D eigenvalue weighted by Gasteiger charge is 2.16. The second kappa shape index (κ2) is 7.11. The number of hydrogen-bond donors (Lipinski definition) is 0. The number of para-hydroxylation sites is 1. The van der Waals surface area contributed by atoms with Crippen LogP contribution < -0.4 is 4.74 Å². The topological polar surface area (TPSA) is 53.1 Å². The van der Waals surface area contributed by atoms with E-state index in [0.717, 1.165) is 5.56 Å². The Morgan fingerprint density at radius 2 is 1.73 bits per heavy atom. The van der Waals surface area contributed by atoms with Crippen LogP contribution in [-0.4, -0.2) is 22.0 Å². The van der Waals surface area contributed by atoms with Crippen molar-refractivity contribution in [3.63, 3.8) is 0 Å². The van der Waals surface area contributed by atoms with Crippen molar-refractivity contribution in [2.75, 3.05) is 7.11 Å². The Hall–Kier alpha value is -4.00. The molecule has 0 aliphatic carbocycles. The minimum atomic E-state index is -0.492. The molecule has 0 N–H and O–H groups in total. The van der Waals surface area contributed by atoms with E-state index < -0.39 is 5.82 Å². The van der Waals surface area contributed by atoms with Gasteiger partial charge in [0.15, 0.2) is 17.3 Å². The van der Waals surface area contributed by atoms with Gasteiger partial charge in [-0.25, -0.2) is 13.5 Å². The fraction of sp³-hybridized carbons (Fsp3) is 0.0435. The van der Waals surface area contributed by atoms with Crippen molar-refractivity contribution in [2.24, 2.45) is 0 Å². The molecule has 5 rings (SSSR count). The highest BCUT2D eigenvalue weighted by Crippen LogP contribution is 2.34. The zero-order chi connectivity index (χ0) is 20.7. The van der Waals surface area contributed by atoms with Gasteiger partial charge in [-0.2, -0.15) is 5.10 Å². The number of nitrogens with zero attached hydrogens (tertiary/aromatic N) is 3. The lowest BCUT2D eigenvalue weighted by Crippen LogP contribution is -2.01. The maximum absolute atomic E-state index is 14.3. The van der Waals surface area contributed by atoms with Crippen molar-refractivity contribution in [1.82, 2.24) is 14.9 Å². The first-order chi connectivity index (χ1) is 14.7. The minimum absolute atomic E-state index is 0.150. The van der Waals surface area contributed by atoms with E-state index in [4.69, 9.17) is 9.26 Å². The third kappa shape index (κ3) is 2.91. The number of ether oxygens (including phenoxy) is 1. The molecule has 0 aliphatic rings. The van der Waals surface area contributed by atoms with Gasteiger partial charge in [-0.3, -0.25) is 0 Å². The van der Waals surface area contributed by atoms with Crippen LogP contribution in [0.4, 0.5) is 8.78 Å². The van der Waals surface area contributed by atoms with Gasteiger partial charge in [0, 0.05) is 11.1 Å². The average molecular weight is 403 g/mol. The van der Waals surface area contributed by atoms with Gasteiger partial charge < -0.3 is 9.26 Å². The number of fused-ring (bicyclic) bond motifs is 1. The lowest BCUT2D eigenvalue weighted by Gasteiger charge is -2.09. The number of aromatic nitrogens is 3. The molecular formula is C23H15F2N3O2. The molecule has 0 atom stereocenters. The molecule has 2 heterocycles. The molecule has 2 aromatic heterocycles. The van der Waals surface area contributed by atoms with Crippen molar-refractivity contribution in [3.8, 4) is 34.0 Å². The Kier molecular flexibility index (Phi) is 4.28. The third-order valence-corrected chi connectivity index (χ3v) is 4.91. The largest absolute Gasteiger partial charge is 0.494 e. The molecule has 3 aromatic carbocycles. The van der Waals surface area contributed by atoms with Gasteiger partial charge in [0.05, 0.1) is 24.4 Å². The van der Waals surface area contributed by atoms with Crippen molar-refractivity contribution < 1.29 is 18.0 Å². The molecule has 0 saturated heterocycles. The summed E-state index contributed by atoms with van der Waals surface area (Å²) < 4.78 is 40.5. The van der Waals surface area contributed by atoms with E-state index >= 15 is 0 Å². The molecular weight excluding hydrogens is 388 g/mol. The smallest absolute Gasteiger partial charge is 0.174 e. The van der Waals surface area contributed by atoms with Crippen molar-refractivity contribution >= 4 is 10.9 Å². The van der Waals surface area contributed by atoms with Crippen LogP contribution in [0.25, 0.3) is 39.2 Å². The summed E-state index contributed by atoms with van der Waals surface area (Å²) in [5.41, 5.74) is 3.01. The van der Waals surface area contributed by atoms with Crippen LogP contribution in [-0.2, 0) is 0 Å². The molecule has 148 valence electrons. The van der Waals surface area contributed by atoms with E-state index in [-0.39, 0.29) is 11.6 Å². The molecule has 7 heteroatoms. The first-order valence-corrected chi connectivity index (χ1v) is 9.18. The van der Waals surface area contributed by atoms with Gasteiger partial charge in [-0.05, 0) is 48.5 Å². The van der Waals surface area contributed by atoms with Gasteiger partial charge in [0.2, 0.25) is 0 Å². The van der Waals surface area contributed by atoms with Crippen LogP contribution in [0.3, 0.4) is 0 Å². The predicted molar refractivity (Wildman–Crippen MR) is 108 cm³/mol. The Morgan fingerprint density at radius 3 is 2.53 bits per heavy atom. The summed E-state index contributed by atoms with van der Waals surface area (Å²) in [6.07, 6.45) is 1.61.